The minimum absolute atomic E-state index is 0.0964. The van der Waals surface area contributed by atoms with Crippen LogP contribution in [0.3, 0.4) is 0 Å². The van der Waals surface area contributed by atoms with E-state index in [4.69, 9.17) is 5.73 Å². The summed E-state index contributed by atoms with van der Waals surface area (Å²) >= 11 is 0. The molecule has 1 aromatic rings. The summed E-state index contributed by atoms with van der Waals surface area (Å²) in [5.74, 6) is -1.64. The smallest absolute Gasteiger partial charge is 0.248 e. The van der Waals surface area contributed by atoms with Gasteiger partial charge in [0.05, 0.1) is 0 Å². The summed E-state index contributed by atoms with van der Waals surface area (Å²) in [6, 6.07) is 3.19. The van der Waals surface area contributed by atoms with Gasteiger partial charge in [-0.3, -0.25) is 0 Å². The van der Waals surface area contributed by atoms with Gasteiger partial charge in [0, 0.05) is 19.1 Å². The number of nitrogens with two attached hydrogens (primary N) is 1. The molecular weight excluding hydrogens is 298 g/mol. The molecule has 1 saturated carbocycles. The zero-order valence-electron chi connectivity index (χ0n) is 11.5. The van der Waals surface area contributed by atoms with Gasteiger partial charge in [0.1, 0.15) is 11.6 Å². The van der Waals surface area contributed by atoms with Gasteiger partial charge in [-0.1, -0.05) is 6.07 Å². The molecule has 0 aromatic heterocycles. The molecule has 3 rings (SSSR count). The Morgan fingerprint density at radius 2 is 1.71 bits per heavy atom. The van der Waals surface area contributed by atoms with Gasteiger partial charge in [-0.2, -0.15) is 4.31 Å². The van der Waals surface area contributed by atoms with E-state index < -0.39 is 26.6 Å². The van der Waals surface area contributed by atoms with Crippen molar-refractivity contribution < 1.29 is 17.2 Å². The SMILES string of the molecule is NC1CC[C@@H]2CN(S(=O)(=O)c3c(F)cccc3F)C[C@@H]2C1. The topological polar surface area (TPSA) is 63.4 Å². The van der Waals surface area contributed by atoms with Gasteiger partial charge in [-0.15, -0.1) is 0 Å². The van der Waals surface area contributed by atoms with E-state index in [-0.39, 0.29) is 17.9 Å². The Balaban J connectivity index is 1.90. The third-order valence-electron chi connectivity index (χ3n) is 4.57. The molecule has 7 heteroatoms. The maximum Gasteiger partial charge on any atom is 0.248 e. The minimum Gasteiger partial charge on any atom is -0.328 e. The summed E-state index contributed by atoms with van der Waals surface area (Å²) in [7, 11) is -4.13. The number of rotatable bonds is 2. The maximum atomic E-state index is 13.8. The third-order valence-corrected chi connectivity index (χ3v) is 6.46. The number of hydrogen-bond donors (Lipinski definition) is 1. The highest BCUT2D eigenvalue weighted by Crippen LogP contribution is 2.38. The third kappa shape index (κ3) is 2.58. The first kappa shape index (κ1) is 14.9. The van der Waals surface area contributed by atoms with Crippen LogP contribution in [0, 0.1) is 23.5 Å². The molecule has 1 unspecified atom stereocenters. The van der Waals surface area contributed by atoms with E-state index in [1.54, 1.807) is 0 Å². The summed E-state index contributed by atoms with van der Waals surface area (Å²) < 4.78 is 53.8. The Hall–Kier alpha value is -1.05. The normalized spacial score (nSPS) is 30.3. The first-order valence-corrected chi connectivity index (χ1v) is 8.53. The van der Waals surface area contributed by atoms with Crippen LogP contribution in [0.2, 0.25) is 0 Å². The molecule has 1 aliphatic carbocycles. The van der Waals surface area contributed by atoms with Crippen molar-refractivity contribution in [3.8, 4) is 0 Å². The average Bonchev–Trinajstić information content (AvgIpc) is 2.81. The van der Waals surface area contributed by atoms with Gasteiger partial charge >= 0.3 is 0 Å². The van der Waals surface area contributed by atoms with Crippen LogP contribution in [0.4, 0.5) is 8.78 Å². The molecule has 0 spiro atoms. The van der Waals surface area contributed by atoms with Crippen molar-refractivity contribution in [1.29, 1.82) is 0 Å². The van der Waals surface area contributed by atoms with E-state index in [9.17, 15) is 17.2 Å². The molecule has 1 saturated heterocycles. The molecule has 3 atom stereocenters. The van der Waals surface area contributed by atoms with Gasteiger partial charge in [0.2, 0.25) is 10.0 Å². The summed E-state index contributed by atoms with van der Waals surface area (Å²) in [6.45, 7) is 0.627. The molecule has 2 aliphatic rings. The molecule has 2 N–H and O–H groups in total. The number of sulfonamides is 1. The zero-order chi connectivity index (χ0) is 15.2. The second-order valence-electron chi connectivity index (χ2n) is 5.97. The van der Waals surface area contributed by atoms with Crippen LogP contribution in [0.5, 0.6) is 0 Å². The highest BCUT2D eigenvalue weighted by atomic mass is 32.2. The monoisotopic (exact) mass is 316 g/mol. The van der Waals surface area contributed by atoms with E-state index in [2.05, 4.69) is 0 Å². The standard InChI is InChI=1S/C14H18F2N2O2S/c15-12-2-1-3-13(16)14(12)21(19,20)18-7-9-4-5-11(17)6-10(9)8-18/h1-3,9-11H,4-8,17H2/t9-,10+,11?/m1/s1. The van der Waals surface area contributed by atoms with E-state index in [1.807, 2.05) is 0 Å². The quantitative estimate of drug-likeness (QED) is 0.903. The lowest BCUT2D eigenvalue weighted by molar-refractivity contribution is 0.271. The molecule has 1 aliphatic heterocycles. The Bertz CT molecular complexity index is 630. The second-order valence-corrected chi connectivity index (χ2v) is 7.84. The summed E-state index contributed by atoms with van der Waals surface area (Å²) in [6.07, 6.45) is 2.52. The maximum absolute atomic E-state index is 13.8. The van der Waals surface area contributed by atoms with Crippen molar-refractivity contribution in [1.82, 2.24) is 4.31 Å². The Kier molecular flexibility index (Phi) is 3.75. The Labute approximate surface area is 123 Å². The molecule has 0 amide bonds. The molecule has 2 fully saturated rings. The molecule has 116 valence electrons. The van der Waals surface area contributed by atoms with Crippen LogP contribution in [0.15, 0.2) is 23.1 Å². The highest BCUT2D eigenvalue weighted by molar-refractivity contribution is 7.89. The number of hydrogen-bond acceptors (Lipinski definition) is 3. The van der Waals surface area contributed by atoms with Crippen LogP contribution >= 0.6 is 0 Å². The molecule has 4 nitrogen and oxygen atoms in total. The van der Waals surface area contributed by atoms with Crippen molar-refractivity contribution in [3.05, 3.63) is 29.8 Å². The minimum atomic E-state index is -4.13. The van der Waals surface area contributed by atoms with E-state index in [0.29, 0.717) is 13.1 Å². The van der Waals surface area contributed by atoms with Crippen molar-refractivity contribution >= 4 is 10.0 Å². The summed E-state index contributed by atoms with van der Waals surface area (Å²) in [4.78, 5) is -0.840. The molecule has 1 heterocycles. The lowest BCUT2D eigenvalue weighted by atomic mass is 9.79. The Morgan fingerprint density at radius 3 is 2.38 bits per heavy atom. The molecule has 0 bridgehead atoms. The van der Waals surface area contributed by atoms with Gasteiger partial charge in [0.15, 0.2) is 4.90 Å². The van der Waals surface area contributed by atoms with Crippen LogP contribution in [0.1, 0.15) is 19.3 Å². The summed E-state index contributed by atoms with van der Waals surface area (Å²) in [5, 5.41) is 0. The number of nitrogens with zero attached hydrogens (tertiary/aromatic N) is 1. The van der Waals surface area contributed by atoms with Crippen LogP contribution in [-0.4, -0.2) is 31.9 Å². The predicted octanol–water partition coefficient (Wildman–Crippen LogP) is 1.71. The van der Waals surface area contributed by atoms with Crippen molar-refractivity contribution in [2.75, 3.05) is 13.1 Å². The first-order valence-electron chi connectivity index (χ1n) is 7.09. The van der Waals surface area contributed by atoms with E-state index in [1.165, 1.54) is 4.31 Å². The second kappa shape index (κ2) is 5.30. The van der Waals surface area contributed by atoms with Crippen LogP contribution < -0.4 is 5.73 Å². The Morgan fingerprint density at radius 1 is 1.10 bits per heavy atom. The van der Waals surface area contributed by atoms with Gasteiger partial charge in [-0.25, -0.2) is 17.2 Å². The zero-order valence-corrected chi connectivity index (χ0v) is 12.3. The lowest BCUT2D eigenvalue weighted by Gasteiger charge is -2.28. The first-order chi connectivity index (χ1) is 9.89. The highest BCUT2D eigenvalue weighted by Gasteiger charge is 2.43. The van der Waals surface area contributed by atoms with Crippen molar-refractivity contribution in [2.45, 2.75) is 30.2 Å². The largest absolute Gasteiger partial charge is 0.328 e. The van der Waals surface area contributed by atoms with E-state index in [0.717, 1.165) is 37.5 Å². The summed E-state index contributed by atoms with van der Waals surface area (Å²) in [5.41, 5.74) is 5.92. The van der Waals surface area contributed by atoms with Gasteiger partial charge in [0.25, 0.3) is 0 Å². The van der Waals surface area contributed by atoms with Crippen LogP contribution in [0.25, 0.3) is 0 Å². The fourth-order valence-electron chi connectivity index (χ4n) is 3.48. The molecule has 21 heavy (non-hydrogen) atoms. The lowest BCUT2D eigenvalue weighted by Crippen LogP contribution is -2.32. The number of halogens is 2. The number of fused-ring (bicyclic) bond motifs is 1. The van der Waals surface area contributed by atoms with Crippen molar-refractivity contribution in [3.63, 3.8) is 0 Å². The average molecular weight is 316 g/mol. The predicted molar refractivity (Wildman–Crippen MR) is 73.9 cm³/mol. The van der Waals surface area contributed by atoms with Gasteiger partial charge in [-0.05, 0) is 43.2 Å². The fraction of sp³-hybridized carbons (Fsp3) is 0.571. The van der Waals surface area contributed by atoms with E-state index >= 15 is 0 Å². The molecule has 1 aromatic carbocycles. The van der Waals surface area contributed by atoms with Crippen LogP contribution in [-0.2, 0) is 10.0 Å². The van der Waals surface area contributed by atoms with Crippen molar-refractivity contribution in [2.24, 2.45) is 17.6 Å². The van der Waals surface area contributed by atoms with Gasteiger partial charge < -0.3 is 5.73 Å². The molecular formula is C14H18F2N2O2S. The molecule has 0 radical (unpaired) electrons. The fourth-order valence-corrected chi connectivity index (χ4v) is 5.14. The number of benzene rings is 1.